The van der Waals surface area contributed by atoms with Crippen molar-refractivity contribution < 1.29 is 14.7 Å². The van der Waals surface area contributed by atoms with Crippen molar-refractivity contribution in [1.82, 2.24) is 9.88 Å². The minimum absolute atomic E-state index is 0.0169. The zero-order valence-electron chi connectivity index (χ0n) is 15.4. The van der Waals surface area contributed by atoms with Crippen molar-refractivity contribution in [3.63, 3.8) is 0 Å². The molecular formula is C20H24N2O4. The topological polar surface area (TPSA) is 88.4 Å². The van der Waals surface area contributed by atoms with E-state index in [1.54, 1.807) is 19.3 Å². The number of aliphatic carboxylic acids is 1. The first kappa shape index (κ1) is 19.4. The first-order valence-electron chi connectivity index (χ1n) is 8.38. The molecule has 26 heavy (non-hydrogen) atoms. The third-order valence-corrected chi connectivity index (χ3v) is 4.23. The summed E-state index contributed by atoms with van der Waals surface area (Å²) in [4.78, 5) is 35.8. The van der Waals surface area contributed by atoms with E-state index in [9.17, 15) is 19.5 Å². The molecule has 0 saturated heterocycles. The Hall–Kier alpha value is -2.89. The summed E-state index contributed by atoms with van der Waals surface area (Å²) in [5.74, 6) is -1.62. The summed E-state index contributed by atoms with van der Waals surface area (Å²) < 4.78 is 1.30. The molecule has 1 heterocycles. The second-order valence-corrected chi connectivity index (χ2v) is 7.33. The lowest BCUT2D eigenvalue weighted by Crippen LogP contribution is -2.35. The number of carbonyl (C=O) groups excluding carboxylic acids is 1. The van der Waals surface area contributed by atoms with Crippen LogP contribution in [-0.2, 0) is 17.3 Å². The normalized spacial score (nSPS) is 12.5. The highest BCUT2D eigenvalue weighted by Crippen LogP contribution is 2.25. The van der Waals surface area contributed by atoms with Crippen molar-refractivity contribution in [2.75, 3.05) is 0 Å². The van der Waals surface area contributed by atoms with Crippen LogP contribution in [0, 0.1) is 0 Å². The second-order valence-electron chi connectivity index (χ2n) is 7.33. The Morgan fingerprint density at radius 2 is 1.77 bits per heavy atom. The van der Waals surface area contributed by atoms with Crippen LogP contribution in [0.4, 0.5) is 0 Å². The Morgan fingerprint density at radius 1 is 1.15 bits per heavy atom. The smallest absolute Gasteiger partial charge is 0.305 e. The largest absolute Gasteiger partial charge is 0.481 e. The van der Waals surface area contributed by atoms with Crippen LogP contribution in [0.2, 0.25) is 0 Å². The van der Waals surface area contributed by atoms with Gasteiger partial charge in [0.2, 0.25) is 0 Å². The quantitative estimate of drug-likeness (QED) is 0.862. The highest BCUT2D eigenvalue weighted by Gasteiger charge is 2.21. The van der Waals surface area contributed by atoms with Crippen LogP contribution in [0.15, 0.2) is 47.4 Å². The number of carboxylic acids is 1. The van der Waals surface area contributed by atoms with Gasteiger partial charge in [-0.15, -0.1) is 0 Å². The summed E-state index contributed by atoms with van der Waals surface area (Å²) in [7, 11) is 1.55. The molecule has 1 amide bonds. The maximum atomic E-state index is 12.5. The molecule has 6 heteroatoms. The summed E-state index contributed by atoms with van der Waals surface area (Å²) in [5, 5.41) is 11.9. The number of amides is 1. The number of aryl methyl sites for hydroxylation is 1. The zero-order chi connectivity index (χ0) is 19.5. The lowest BCUT2D eigenvalue weighted by molar-refractivity contribution is -0.137. The summed E-state index contributed by atoms with van der Waals surface area (Å²) in [6.45, 7) is 6.26. The van der Waals surface area contributed by atoms with E-state index in [1.165, 1.54) is 10.6 Å². The number of hydrogen-bond acceptors (Lipinski definition) is 3. The van der Waals surface area contributed by atoms with Crippen LogP contribution in [-0.4, -0.2) is 21.6 Å². The monoisotopic (exact) mass is 356 g/mol. The number of pyridine rings is 1. The van der Waals surface area contributed by atoms with Crippen LogP contribution in [0.25, 0.3) is 0 Å². The lowest BCUT2D eigenvalue weighted by atomic mass is 9.86. The van der Waals surface area contributed by atoms with Gasteiger partial charge in [0.1, 0.15) is 5.56 Å². The Balaban J connectivity index is 2.30. The second kappa shape index (κ2) is 7.56. The molecule has 0 aliphatic heterocycles. The molecule has 1 unspecified atom stereocenters. The van der Waals surface area contributed by atoms with Gasteiger partial charge in [0.15, 0.2) is 0 Å². The molecule has 6 nitrogen and oxygen atoms in total. The summed E-state index contributed by atoms with van der Waals surface area (Å²) >= 11 is 0. The van der Waals surface area contributed by atoms with E-state index in [2.05, 4.69) is 26.1 Å². The first-order chi connectivity index (χ1) is 12.1. The predicted molar refractivity (Wildman–Crippen MR) is 99.3 cm³/mol. The molecule has 2 rings (SSSR count). The number of aromatic nitrogens is 1. The summed E-state index contributed by atoms with van der Waals surface area (Å²) in [6, 6.07) is 9.79. The number of carboxylic acid groups (broad SMARTS) is 1. The van der Waals surface area contributed by atoms with E-state index in [0.717, 1.165) is 5.56 Å². The van der Waals surface area contributed by atoms with Gasteiger partial charge >= 0.3 is 5.97 Å². The molecule has 0 aliphatic carbocycles. The number of nitrogens with one attached hydrogen (secondary N) is 1. The maximum Gasteiger partial charge on any atom is 0.305 e. The van der Waals surface area contributed by atoms with Gasteiger partial charge in [0.25, 0.3) is 11.5 Å². The fourth-order valence-electron chi connectivity index (χ4n) is 2.65. The van der Waals surface area contributed by atoms with E-state index < -0.39 is 23.5 Å². The number of benzene rings is 1. The van der Waals surface area contributed by atoms with Gasteiger partial charge in [-0.2, -0.15) is 0 Å². The molecule has 2 N–H and O–H groups in total. The molecule has 0 spiro atoms. The number of carbonyl (C=O) groups is 2. The van der Waals surface area contributed by atoms with Gasteiger partial charge in [-0.1, -0.05) is 45.0 Å². The van der Waals surface area contributed by atoms with Crippen molar-refractivity contribution in [1.29, 1.82) is 0 Å². The number of nitrogens with zero attached hydrogens (tertiary/aromatic N) is 1. The highest BCUT2D eigenvalue weighted by atomic mass is 16.4. The van der Waals surface area contributed by atoms with Gasteiger partial charge < -0.3 is 15.0 Å². The highest BCUT2D eigenvalue weighted by molar-refractivity contribution is 5.94. The first-order valence-corrected chi connectivity index (χ1v) is 8.38. The average Bonchev–Trinajstić information content (AvgIpc) is 2.55. The Labute approximate surface area is 152 Å². The van der Waals surface area contributed by atoms with Gasteiger partial charge in [-0.25, -0.2) is 0 Å². The molecule has 0 radical (unpaired) electrons. The number of hydrogen-bond donors (Lipinski definition) is 2. The average molecular weight is 356 g/mol. The van der Waals surface area contributed by atoms with E-state index in [1.807, 2.05) is 24.3 Å². The van der Waals surface area contributed by atoms with Crippen LogP contribution in [0.3, 0.4) is 0 Å². The van der Waals surface area contributed by atoms with E-state index in [0.29, 0.717) is 5.56 Å². The maximum absolute atomic E-state index is 12.5. The van der Waals surface area contributed by atoms with E-state index >= 15 is 0 Å². The Morgan fingerprint density at radius 3 is 2.31 bits per heavy atom. The third kappa shape index (κ3) is 4.59. The van der Waals surface area contributed by atoms with Crippen molar-refractivity contribution in [2.24, 2.45) is 7.05 Å². The Kier molecular flexibility index (Phi) is 5.65. The molecule has 0 aliphatic rings. The van der Waals surface area contributed by atoms with Crippen molar-refractivity contribution in [2.45, 2.75) is 38.6 Å². The summed E-state index contributed by atoms with van der Waals surface area (Å²) in [6.07, 6.45) is 1.28. The van der Waals surface area contributed by atoms with Gasteiger partial charge in [-0.3, -0.25) is 14.4 Å². The van der Waals surface area contributed by atoms with Crippen LogP contribution < -0.4 is 10.9 Å². The van der Waals surface area contributed by atoms with Crippen LogP contribution >= 0.6 is 0 Å². The summed E-state index contributed by atoms with van der Waals surface area (Å²) in [5.41, 5.74) is 1.32. The van der Waals surface area contributed by atoms with E-state index in [-0.39, 0.29) is 17.4 Å². The van der Waals surface area contributed by atoms with Gasteiger partial charge in [0.05, 0.1) is 12.5 Å². The van der Waals surface area contributed by atoms with Gasteiger partial charge in [-0.05, 0) is 28.7 Å². The zero-order valence-corrected chi connectivity index (χ0v) is 15.4. The standard InChI is InChI=1S/C20H24N2O4/c1-20(2,3)14-9-7-13(8-10-14)16(12-17(23)24)21-18(25)15-6-5-11-22(4)19(15)26/h5-11,16H,12H2,1-4H3,(H,21,25)(H,23,24). The van der Waals surface area contributed by atoms with Crippen molar-refractivity contribution in [3.05, 3.63) is 69.6 Å². The van der Waals surface area contributed by atoms with Crippen LogP contribution in [0.1, 0.15) is 54.7 Å². The lowest BCUT2D eigenvalue weighted by Gasteiger charge is -2.22. The van der Waals surface area contributed by atoms with Crippen molar-refractivity contribution >= 4 is 11.9 Å². The minimum atomic E-state index is -1.03. The SMILES string of the molecule is Cn1cccc(C(=O)NC(CC(=O)O)c2ccc(C(C)(C)C)cc2)c1=O. The molecule has 0 fully saturated rings. The fraction of sp³-hybridized carbons (Fsp3) is 0.350. The van der Waals surface area contributed by atoms with E-state index in [4.69, 9.17) is 0 Å². The molecule has 0 saturated carbocycles. The third-order valence-electron chi connectivity index (χ3n) is 4.23. The van der Waals surface area contributed by atoms with Gasteiger partial charge in [0, 0.05) is 13.2 Å². The molecule has 1 aromatic heterocycles. The van der Waals surface area contributed by atoms with Crippen molar-refractivity contribution in [3.8, 4) is 0 Å². The molecular weight excluding hydrogens is 332 g/mol. The molecule has 0 bridgehead atoms. The molecule has 1 atom stereocenters. The minimum Gasteiger partial charge on any atom is -0.481 e. The fourth-order valence-corrected chi connectivity index (χ4v) is 2.65. The molecule has 2 aromatic rings. The Bertz CT molecular complexity index is 861. The number of rotatable bonds is 5. The molecule has 138 valence electrons. The molecule has 1 aromatic carbocycles. The van der Waals surface area contributed by atoms with Crippen LogP contribution in [0.5, 0.6) is 0 Å². The predicted octanol–water partition coefficient (Wildman–Crippen LogP) is 2.63.